The van der Waals surface area contributed by atoms with E-state index in [4.69, 9.17) is 0 Å². The lowest BCUT2D eigenvalue weighted by atomic mass is 10.2. The van der Waals surface area contributed by atoms with Crippen molar-refractivity contribution in [3.05, 3.63) is 35.5 Å². The molecule has 0 radical (unpaired) electrons. The molecule has 1 aromatic heterocycles. The highest BCUT2D eigenvalue weighted by Crippen LogP contribution is 2.20. The van der Waals surface area contributed by atoms with Crippen LogP contribution in [-0.4, -0.2) is 4.98 Å². The Bertz CT molecular complexity index is 445. The topological polar surface area (TPSA) is 15.8 Å². The molecule has 3 heteroatoms. The van der Waals surface area contributed by atoms with E-state index in [-0.39, 0.29) is 5.52 Å². The van der Waals surface area contributed by atoms with Crippen LogP contribution in [0.5, 0.6) is 0 Å². The Morgan fingerprint density at radius 3 is 2.77 bits per heavy atom. The average molecular weight is 181 g/mol. The van der Waals surface area contributed by atoms with Gasteiger partial charge < -0.3 is 4.98 Å². The van der Waals surface area contributed by atoms with Crippen LogP contribution in [0.3, 0.4) is 0 Å². The molecule has 0 aliphatic heterocycles. The fourth-order valence-corrected chi connectivity index (χ4v) is 1.39. The molecule has 1 nitrogen and oxygen atoms in total. The molecule has 0 atom stereocenters. The molecule has 0 unspecified atom stereocenters. The van der Waals surface area contributed by atoms with E-state index in [1.54, 1.807) is 6.07 Å². The van der Waals surface area contributed by atoms with Crippen molar-refractivity contribution >= 4 is 10.9 Å². The molecule has 2 rings (SSSR count). The fourth-order valence-electron chi connectivity index (χ4n) is 1.39. The van der Waals surface area contributed by atoms with Gasteiger partial charge in [-0.1, -0.05) is 6.92 Å². The van der Waals surface area contributed by atoms with Crippen LogP contribution < -0.4 is 0 Å². The summed E-state index contributed by atoms with van der Waals surface area (Å²) in [5.41, 5.74) is 1.18. The van der Waals surface area contributed by atoms with Gasteiger partial charge in [0.15, 0.2) is 11.6 Å². The Balaban J connectivity index is 2.76. The van der Waals surface area contributed by atoms with Gasteiger partial charge in [-0.05, 0) is 24.6 Å². The minimum atomic E-state index is -0.808. The molecule has 0 aliphatic rings. The van der Waals surface area contributed by atoms with E-state index in [1.165, 1.54) is 0 Å². The summed E-state index contributed by atoms with van der Waals surface area (Å²) in [6.07, 6.45) is 0.787. The molecule has 0 bridgehead atoms. The van der Waals surface area contributed by atoms with Crippen molar-refractivity contribution in [1.29, 1.82) is 0 Å². The minimum Gasteiger partial charge on any atom is -0.356 e. The second kappa shape index (κ2) is 2.83. The van der Waals surface area contributed by atoms with E-state index in [1.807, 2.05) is 13.0 Å². The van der Waals surface area contributed by atoms with E-state index < -0.39 is 11.6 Å². The van der Waals surface area contributed by atoms with Gasteiger partial charge in [-0.25, -0.2) is 8.78 Å². The number of rotatable bonds is 1. The van der Waals surface area contributed by atoms with Gasteiger partial charge in [-0.3, -0.25) is 0 Å². The molecule has 1 heterocycles. The standard InChI is InChI=1S/C10H9F2N/c1-2-7-5-6-3-4-8(11)9(12)10(6)13-7/h3-5,13H,2H2,1H3. The lowest BCUT2D eigenvalue weighted by Gasteiger charge is -1.93. The molecule has 0 saturated heterocycles. The Morgan fingerprint density at radius 2 is 2.08 bits per heavy atom. The first-order chi connectivity index (χ1) is 6.22. The van der Waals surface area contributed by atoms with Crippen molar-refractivity contribution in [2.45, 2.75) is 13.3 Å². The Kier molecular flexibility index (Phi) is 1.79. The Labute approximate surface area is 74.4 Å². The molecule has 0 fully saturated rings. The zero-order chi connectivity index (χ0) is 9.42. The summed E-state index contributed by atoms with van der Waals surface area (Å²) < 4.78 is 25.9. The van der Waals surface area contributed by atoms with Crippen molar-refractivity contribution in [3.63, 3.8) is 0 Å². The smallest absolute Gasteiger partial charge is 0.182 e. The number of aromatic nitrogens is 1. The number of benzene rings is 1. The van der Waals surface area contributed by atoms with Crippen molar-refractivity contribution in [2.75, 3.05) is 0 Å². The first-order valence-corrected chi connectivity index (χ1v) is 4.18. The van der Waals surface area contributed by atoms with E-state index >= 15 is 0 Å². The van der Waals surface area contributed by atoms with Crippen molar-refractivity contribution in [1.82, 2.24) is 4.98 Å². The van der Waals surface area contributed by atoms with Crippen LogP contribution >= 0.6 is 0 Å². The summed E-state index contributed by atoms with van der Waals surface area (Å²) in [7, 11) is 0. The number of H-pyrrole nitrogens is 1. The maximum absolute atomic E-state index is 13.1. The van der Waals surface area contributed by atoms with Gasteiger partial charge in [0.05, 0.1) is 5.52 Å². The van der Waals surface area contributed by atoms with Gasteiger partial charge in [0, 0.05) is 11.1 Å². The molecule has 1 N–H and O–H groups in total. The van der Waals surface area contributed by atoms with Crippen molar-refractivity contribution in [3.8, 4) is 0 Å². The van der Waals surface area contributed by atoms with Crippen LogP contribution in [0.1, 0.15) is 12.6 Å². The summed E-state index contributed by atoms with van der Waals surface area (Å²) in [6, 6.07) is 4.55. The summed E-state index contributed by atoms with van der Waals surface area (Å²) >= 11 is 0. The first kappa shape index (κ1) is 8.23. The fraction of sp³-hybridized carbons (Fsp3) is 0.200. The molecule has 0 amide bonds. The largest absolute Gasteiger partial charge is 0.356 e. The maximum atomic E-state index is 13.1. The first-order valence-electron chi connectivity index (χ1n) is 4.18. The monoisotopic (exact) mass is 181 g/mol. The SMILES string of the molecule is CCc1cc2ccc(F)c(F)c2[nH]1. The van der Waals surface area contributed by atoms with E-state index in [0.29, 0.717) is 0 Å². The van der Waals surface area contributed by atoms with Crippen LogP contribution in [0.2, 0.25) is 0 Å². The molecule has 0 saturated carbocycles. The predicted molar refractivity (Wildman–Crippen MR) is 47.6 cm³/mol. The third kappa shape index (κ3) is 1.20. The summed E-state index contributed by atoms with van der Waals surface area (Å²) in [5, 5.41) is 0.718. The normalized spacial score (nSPS) is 11.0. The van der Waals surface area contributed by atoms with E-state index in [2.05, 4.69) is 4.98 Å². The second-order valence-electron chi connectivity index (χ2n) is 2.97. The highest BCUT2D eigenvalue weighted by Gasteiger charge is 2.08. The molecular formula is C10H9F2N. The third-order valence-corrected chi connectivity index (χ3v) is 2.12. The number of halogens is 2. The average Bonchev–Trinajstić information content (AvgIpc) is 2.55. The number of hydrogen-bond donors (Lipinski definition) is 1. The van der Waals surface area contributed by atoms with E-state index in [9.17, 15) is 8.78 Å². The van der Waals surface area contributed by atoms with Gasteiger partial charge >= 0.3 is 0 Å². The highest BCUT2D eigenvalue weighted by molar-refractivity contribution is 5.81. The number of aryl methyl sites for hydroxylation is 1. The quantitative estimate of drug-likeness (QED) is 0.696. The van der Waals surface area contributed by atoms with Crippen LogP contribution in [-0.2, 0) is 6.42 Å². The lowest BCUT2D eigenvalue weighted by molar-refractivity contribution is 0.515. The van der Waals surface area contributed by atoms with E-state index in [0.717, 1.165) is 23.6 Å². The van der Waals surface area contributed by atoms with Gasteiger partial charge in [0.1, 0.15) is 0 Å². The Hall–Kier alpha value is -1.38. The maximum Gasteiger partial charge on any atom is 0.182 e. The molecule has 0 spiro atoms. The molecule has 68 valence electrons. The van der Waals surface area contributed by atoms with Crippen LogP contribution in [0.4, 0.5) is 8.78 Å². The third-order valence-electron chi connectivity index (χ3n) is 2.12. The Morgan fingerprint density at radius 1 is 1.31 bits per heavy atom. The number of aromatic amines is 1. The second-order valence-corrected chi connectivity index (χ2v) is 2.97. The summed E-state index contributed by atoms with van der Waals surface area (Å²) in [5.74, 6) is -1.60. The van der Waals surface area contributed by atoms with Gasteiger partial charge in [-0.2, -0.15) is 0 Å². The minimum absolute atomic E-state index is 0.261. The zero-order valence-corrected chi connectivity index (χ0v) is 7.20. The van der Waals surface area contributed by atoms with Gasteiger partial charge in [0.25, 0.3) is 0 Å². The van der Waals surface area contributed by atoms with Crippen molar-refractivity contribution in [2.24, 2.45) is 0 Å². The predicted octanol–water partition coefficient (Wildman–Crippen LogP) is 3.01. The number of fused-ring (bicyclic) bond motifs is 1. The van der Waals surface area contributed by atoms with Crippen LogP contribution in [0.15, 0.2) is 18.2 Å². The van der Waals surface area contributed by atoms with Crippen LogP contribution in [0, 0.1) is 11.6 Å². The zero-order valence-electron chi connectivity index (χ0n) is 7.20. The number of nitrogens with one attached hydrogen (secondary N) is 1. The van der Waals surface area contributed by atoms with Gasteiger partial charge in [0.2, 0.25) is 0 Å². The highest BCUT2D eigenvalue weighted by atomic mass is 19.2. The molecular weight excluding hydrogens is 172 g/mol. The summed E-state index contributed by atoms with van der Waals surface area (Å²) in [4.78, 5) is 2.84. The number of hydrogen-bond acceptors (Lipinski definition) is 0. The lowest BCUT2D eigenvalue weighted by Crippen LogP contribution is -1.84. The van der Waals surface area contributed by atoms with Crippen molar-refractivity contribution < 1.29 is 8.78 Å². The molecule has 0 aliphatic carbocycles. The molecule has 13 heavy (non-hydrogen) atoms. The van der Waals surface area contributed by atoms with Crippen LogP contribution in [0.25, 0.3) is 10.9 Å². The van der Waals surface area contributed by atoms with Gasteiger partial charge in [-0.15, -0.1) is 0 Å². The molecule has 2 aromatic rings. The molecule has 1 aromatic carbocycles. The summed E-state index contributed by atoms with van der Waals surface area (Å²) in [6.45, 7) is 1.96.